The Morgan fingerprint density at radius 1 is 0.957 bits per heavy atom. The zero-order chi connectivity index (χ0) is 16.2. The van der Waals surface area contributed by atoms with Crippen molar-refractivity contribution >= 4 is 28.5 Å². The lowest BCUT2D eigenvalue weighted by Crippen LogP contribution is -1.98. The molecule has 3 aromatic carbocycles. The average Bonchev–Trinajstić information content (AvgIpc) is 2.57. The molecule has 0 heterocycles. The largest absolute Gasteiger partial charge is 0.508 e. The Kier molecular flexibility index (Phi) is 4.57. The third-order valence-electron chi connectivity index (χ3n) is 3.45. The Morgan fingerprint density at radius 2 is 1.74 bits per heavy atom. The number of fused-ring (bicyclic) bond motifs is 1. The molecule has 0 radical (unpaired) electrons. The molecule has 0 unspecified atom stereocenters. The van der Waals surface area contributed by atoms with Crippen LogP contribution in [-0.4, -0.2) is 10.2 Å². The van der Waals surface area contributed by atoms with Gasteiger partial charge >= 0.3 is 0 Å². The standard InChI is InChI=1S/C17H15NO4S/c1-11-14-10-13(8-6-12(14)7-9-16(11)19)23-22-21-18-15-4-2-3-5-17(15)20/h2-10,18-20H,1H3. The SMILES string of the molecule is Cc1c(O)ccc2ccc(SOONc3ccccc3O)cc12. The van der Waals surface area contributed by atoms with Gasteiger partial charge in [0.1, 0.15) is 17.2 Å². The third-order valence-corrected chi connectivity index (χ3v) is 4.04. The second kappa shape index (κ2) is 6.78. The molecule has 3 aromatic rings. The van der Waals surface area contributed by atoms with E-state index in [0.717, 1.165) is 33.3 Å². The van der Waals surface area contributed by atoms with Gasteiger partial charge in [-0.15, -0.1) is 9.32 Å². The second-order valence-electron chi connectivity index (χ2n) is 4.95. The number of benzene rings is 3. The number of rotatable bonds is 5. The van der Waals surface area contributed by atoms with E-state index in [0.29, 0.717) is 5.69 Å². The minimum atomic E-state index is 0.0675. The van der Waals surface area contributed by atoms with Gasteiger partial charge in [-0.1, -0.05) is 24.3 Å². The fraction of sp³-hybridized carbons (Fsp3) is 0.0588. The van der Waals surface area contributed by atoms with Crippen LogP contribution in [0.5, 0.6) is 11.5 Å². The fourth-order valence-electron chi connectivity index (χ4n) is 2.17. The zero-order valence-corrected chi connectivity index (χ0v) is 13.1. The van der Waals surface area contributed by atoms with Crippen LogP contribution < -0.4 is 5.48 Å². The van der Waals surface area contributed by atoms with Gasteiger partial charge in [-0.3, -0.25) is 0 Å². The Labute approximate surface area is 137 Å². The van der Waals surface area contributed by atoms with E-state index >= 15 is 0 Å². The van der Waals surface area contributed by atoms with Crippen LogP contribution in [0.15, 0.2) is 59.5 Å². The highest BCUT2D eigenvalue weighted by atomic mass is 32.2. The summed E-state index contributed by atoms with van der Waals surface area (Å²) < 4.78 is 5.03. The Morgan fingerprint density at radius 3 is 2.57 bits per heavy atom. The minimum absolute atomic E-state index is 0.0675. The van der Waals surface area contributed by atoms with Crippen LogP contribution in [0.4, 0.5) is 5.69 Å². The summed E-state index contributed by atoms with van der Waals surface area (Å²) in [5.74, 6) is 0.330. The van der Waals surface area contributed by atoms with Gasteiger partial charge in [0.25, 0.3) is 0 Å². The van der Waals surface area contributed by atoms with E-state index in [4.69, 9.17) is 9.32 Å². The van der Waals surface area contributed by atoms with E-state index in [1.807, 2.05) is 31.2 Å². The molecule has 0 bridgehead atoms. The van der Waals surface area contributed by atoms with Crippen molar-refractivity contribution in [3.8, 4) is 11.5 Å². The molecule has 0 spiro atoms. The van der Waals surface area contributed by atoms with Gasteiger partial charge < -0.3 is 10.2 Å². The maximum atomic E-state index is 9.78. The molecule has 3 rings (SSSR count). The first-order valence-electron chi connectivity index (χ1n) is 6.91. The molecule has 5 nitrogen and oxygen atoms in total. The molecule has 3 N–H and O–H groups in total. The lowest BCUT2D eigenvalue weighted by atomic mass is 10.1. The molecule has 0 aromatic heterocycles. The summed E-state index contributed by atoms with van der Waals surface area (Å²) in [5.41, 5.74) is 3.74. The van der Waals surface area contributed by atoms with Gasteiger partial charge in [0.2, 0.25) is 0 Å². The van der Waals surface area contributed by atoms with Crippen LogP contribution in [0.25, 0.3) is 10.8 Å². The molecule has 118 valence electrons. The van der Waals surface area contributed by atoms with Crippen molar-refractivity contribution in [2.45, 2.75) is 11.8 Å². The molecule has 0 fully saturated rings. The van der Waals surface area contributed by atoms with Gasteiger partial charge in [-0.05, 0) is 53.6 Å². The first-order chi connectivity index (χ1) is 11.1. The van der Waals surface area contributed by atoms with Crippen LogP contribution in [0.2, 0.25) is 0 Å². The lowest BCUT2D eigenvalue weighted by Gasteiger charge is -2.08. The Balaban J connectivity index is 1.63. The predicted molar refractivity (Wildman–Crippen MR) is 90.1 cm³/mol. The average molecular weight is 329 g/mol. The minimum Gasteiger partial charge on any atom is -0.508 e. The number of para-hydroxylation sites is 2. The van der Waals surface area contributed by atoms with E-state index < -0.39 is 0 Å². The molecule has 0 aliphatic carbocycles. The molecular formula is C17H15NO4S. The molecular weight excluding hydrogens is 314 g/mol. The number of aromatic hydroxyl groups is 2. The van der Waals surface area contributed by atoms with Crippen LogP contribution in [0, 0.1) is 6.92 Å². The van der Waals surface area contributed by atoms with Crippen molar-refractivity contribution in [3.05, 3.63) is 60.2 Å². The number of nitrogens with one attached hydrogen (secondary N) is 1. The monoisotopic (exact) mass is 329 g/mol. The lowest BCUT2D eigenvalue weighted by molar-refractivity contribution is -0.161. The summed E-state index contributed by atoms with van der Waals surface area (Å²) >= 11 is 1.03. The zero-order valence-electron chi connectivity index (χ0n) is 12.3. The molecule has 0 saturated carbocycles. The van der Waals surface area contributed by atoms with Crippen molar-refractivity contribution in [1.82, 2.24) is 0 Å². The molecule has 23 heavy (non-hydrogen) atoms. The fourth-order valence-corrected chi connectivity index (χ4v) is 2.60. The van der Waals surface area contributed by atoms with Gasteiger partial charge in [-0.2, -0.15) is 0 Å². The quantitative estimate of drug-likeness (QED) is 0.210. The van der Waals surface area contributed by atoms with E-state index in [1.165, 1.54) is 6.07 Å². The maximum absolute atomic E-state index is 9.78. The Hall–Kier alpha value is -2.41. The van der Waals surface area contributed by atoms with Crippen molar-refractivity contribution in [2.75, 3.05) is 5.48 Å². The summed E-state index contributed by atoms with van der Waals surface area (Å²) in [7, 11) is 0. The molecule has 0 saturated heterocycles. The number of anilines is 1. The number of aryl methyl sites for hydroxylation is 1. The summed E-state index contributed by atoms with van der Waals surface area (Å²) in [6, 6.07) is 16.0. The van der Waals surface area contributed by atoms with Gasteiger partial charge in [0, 0.05) is 4.90 Å². The third kappa shape index (κ3) is 3.50. The van der Waals surface area contributed by atoms with E-state index in [2.05, 4.69) is 5.48 Å². The van der Waals surface area contributed by atoms with E-state index in [9.17, 15) is 10.2 Å². The second-order valence-corrected chi connectivity index (χ2v) is 5.72. The van der Waals surface area contributed by atoms with Gasteiger partial charge in [0.05, 0.1) is 12.0 Å². The first kappa shape index (κ1) is 15.5. The van der Waals surface area contributed by atoms with Gasteiger partial charge in [-0.25, -0.2) is 5.48 Å². The van der Waals surface area contributed by atoms with Crippen LogP contribution >= 0.6 is 12.0 Å². The summed E-state index contributed by atoms with van der Waals surface area (Å²) in [6.07, 6.45) is 0. The summed E-state index contributed by atoms with van der Waals surface area (Å²) in [4.78, 5) is 5.70. The van der Waals surface area contributed by atoms with Crippen molar-refractivity contribution < 1.29 is 19.5 Å². The van der Waals surface area contributed by atoms with Crippen LogP contribution in [-0.2, 0) is 9.32 Å². The predicted octanol–water partition coefficient (Wildman–Crippen LogP) is 4.54. The Bertz CT molecular complexity index is 838. The smallest absolute Gasteiger partial charge is 0.141 e. The van der Waals surface area contributed by atoms with Crippen molar-refractivity contribution in [1.29, 1.82) is 0 Å². The van der Waals surface area contributed by atoms with Gasteiger partial charge in [0.15, 0.2) is 0 Å². The summed E-state index contributed by atoms with van der Waals surface area (Å²) in [6.45, 7) is 1.86. The number of phenolic OH excluding ortho intramolecular Hbond substituents is 2. The maximum Gasteiger partial charge on any atom is 0.141 e. The molecule has 0 aliphatic rings. The normalized spacial score (nSPS) is 10.8. The number of hydrogen-bond acceptors (Lipinski definition) is 6. The first-order valence-corrected chi connectivity index (χ1v) is 7.66. The highest BCUT2D eigenvalue weighted by Crippen LogP contribution is 2.30. The van der Waals surface area contributed by atoms with Crippen molar-refractivity contribution in [2.24, 2.45) is 0 Å². The van der Waals surface area contributed by atoms with Crippen molar-refractivity contribution in [3.63, 3.8) is 0 Å². The van der Waals surface area contributed by atoms with Crippen LogP contribution in [0.1, 0.15) is 5.56 Å². The number of hydrogen-bond donors (Lipinski definition) is 3. The molecule has 6 heteroatoms. The highest BCUT2D eigenvalue weighted by Gasteiger charge is 2.05. The summed E-state index contributed by atoms with van der Waals surface area (Å²) in [5, 5.41) is 21.3. The number of phenols is 2. The van der Waals surface area contributed by atoms with E-state index in [1.54, 1.807) is 24.3 Å². The topological polar surface area (TPSA) is 71.0 Å². The van der Waals surface area contributed by atoms with Crippen LogP contribution in [0.3, 0.4) is 0 Å². The molecule has 0 amide bonds. The molecule has 0 atom stereocenters. The van der Waals surface area contributed by atoms with E-state index in [-0.39, 0.29) is 11.5 Å². The molecule has 0 aliphatic heterocycles. The highest BCUT2D eigenvalue weighted by molar-refractivity contribution is 7.94.